The summed E-state index contributed by atoms with van der Waals surface area (Å²) < 4.78 is 0. The van der Waals surface area contributed by atoms with Gasteiger partial charge in [-0.05, 0) is 11.6 Å². The van der Waals surface area contributed by atoms with Gasteiger partial charge in [0.05, 0.1) is 5.69 Å². The summed E-state index contributed by atoms with van der Waals surface area (Å²) in [5.41, 5.74) is 23.3. The van der Waals surface area contributed by atoms with Gasteiger partial charge in [0.2, 0.25) is 0 Å². The molecule has 9 N–H and O–H groups in total. The fourth-order valence-corrected chi connectivity index (χ4v) is 1.15. The zero-order valence-corrected chi connectivity index (χ0v) is 8.20. The fourth-order valence-electron chi connectivity index (χ4n) is 1.15. The Labute approximate surface area is 87.5 Å². The van der Waals surface area contributed by atoms with E-state index in [-0.39, 0.29) is 11.8 Å². The molecule has 6 heteroatoms. The van der Waals surface area contributed by atoms with E-state index in [1.165, 1.54) is 0 Å². The minimum Gasteiger partial charge on any atom is -0.384 e. The van der Waals surface area contributed by atoms with Crippen LogP contribution in [0.2, 0.25) is 0 Å². The Balaban J connectivity index is 3.25. The number of nitrogens with zero attached hydrogens (tertiary/aromatic N) is 1. The molecule has 1 rings (SSSR count). The summed E-state index contributed by atoms with van der Waals surface area (Å²) in [5, 5.41) is 7.28. The first-order chi connectivity index (χ1) is 7.04. The van der Waals surface area contributed by atoms with E-state index < -0.39 is 0 Å². The normalized spacial score (nSPS) is 9.67. The number of hydrogen-bond donors (Lipinski definition) is 5. The molecular formula is C9H14N6. The van der Waals surface area contributed by atoms with Crippen LogP contribution in [-0.2, 0) is 6.54 Å². The summed E-state index contributed by atoms with van der Waals surface area (Å²) in [7, 11) is 0. The second-order valence-corrected chi connectivity index (χ2v) is 3.00. The average molecular weight is 206 g/mol. The zero-order chi connectivity index (χ0) is 11.4. The molecule has 0 spiro atoms. The van der Waals surface area contributed by atoms with Gasteiger partial charge < -0.3 is 22.9 Å². The van der Waals surface area contributed by atoms with Crippen molar-refractivity contribution in [2.24, 2.45) is 27.9 Å². The van der Waals surface area contributed by atoms with Gasteiger partial charge in [-0.1, -0.05) is 12.1 Å². The molecule has 0 saturated carbocycles. The van der Waals surface area contributed by atoms with Crippen LogP contribution in [0.4, 0.5) is 5.69 Å². The lowest BCUT2D eigenvalue weighted by Crippen LogP contribution is -2.22. The maximum Gasteiger partial charge on any atom is 0.191 e. The lowest BCUT2D eigenvalue weighted by Gasteiger charge is -2.05. The standard InChI is InChI=1S/C9H14N6/c10-4-6-2-1-5(8(11)12)3-7(6)15-9(13)14/h1-3H,4,10H2,(H3,11,12)(H4,13,14,15). The van der Waals surface area contributed by atoms with Gasteiger partial charge >= 0.3 is 0 Å². The van der Waals surface area contributed by atoms with E-state index in [1.807, 2.05) is 0 Å². The number of benzene rings is 1. The number of amidine groups is 1. The average Bonchev–Trinajstić information content (AvgIpc) is 2.16. The summed E-state index contributed by atoms with van der Waals surface area (Å²) in [6, 6.07) is 5.08. The summed E-state index contributed by atoms with van der Waals surface area (Å²) in [6.45, 7) is 0.324. The lowest BCUT2D eigenvalue weighted by atomic mass is 10.1. The van der Waals surface area contributed by atoms with Crippen molar-refractivity contribution in [2.45, 2.75) is 6.54 Å². The highest BCUT2D eigenvalue weighted by molar-refractivity contribution is 5.96. The largest absolute Gasteiger partial charge is 0.384 e. The molecule has 0 atom stereocenters. The van der Waals surface area contributed by atoms with Crippen molar-refractivity contribution in [2.75, 3.05) is 0 Å². The van der Waals surface area contributed by atoms with Crippen LogP contribution in [-0.4, -0.2) is 11.8 Å². The van der Waals surface area contributed by atoms with E-state index in [2.05, 4.69) is 4.99 Å². The van der Waals surface area contributed by atoms with Gasteiger partial charge in [0, 0.05) is 12.1 Å². The Hall–Kier alpha value is -2.08. The van der Waals surface area contributed by atoms with Crippen molar-refractivity contribution >= 4 is 17.5 Å². The number of nitrogens with two attached hydrogens (primary N) is 4. The number of hydrogen-bond acceptors (Lipinski definition) is 3. The Morgan fingerprint density at radius 1 is 1.27 bits per heavy atom. The van der Waals surface area contributed by atoms with Crippen molar-refractivity contribution in [3.8, 4) is 0 Å². The maximum atomic E-state index is 7.28. The molecule has 0 aliphatic rings. The first-order valence-corrected chi connectivity index (χ1v) is 4.31. The Kier molecular flexibility index (Phi) is 3.25. The van der Waals surface area contributed by atoms with Gasteiger partial charge in [-0.2, -0.15) is 0 Å². The topological polar surface area (TPSA) is 140 Å². The summed E-state index contributed by atoms with van der Waals surface area (Å²) in [4.78, 5) is 3.91. The van der Waals surface area contributed by atoms with Crippen LogP contribution in [0.3, 0.4) is 0 Å². The van der Waals surface area contributed by atoms with E-state index in [0.717, 1.165) is 5.56 Å². The van der Waals surface area contributed by atoms with E-state index in [0.29, 0.717) is 17.8 Å². The van der Waals surface area contributed by atoms with Crippen LogP contribution in [0.5, 0.6) is 0 Å². The Morgan fingerprint density at radius 3 is 2.40 bits per heavy atom. The third-order valence-corrected chi connectivity index (χ3v) is 1.87. The third kappa shape index (κ3) is 2.68. The highest BCUT2D eigenvalue weighted by atomic mass is 15.0. The second kappa shape index (κ2) is 4.43. The maximum absolute atomic E-state index is 7.28. The number of rotatable bonds is 3. The third-order valence-electron chi connectivity index (χ3n) is 1.87. The zero-order valence-electron chi connectivity index (χ0n) is 8.20. The van der Waals surface area contributed by atoms with E-state index >= 15 is 0 Å². The van der Waals surface area contributed by atoms with Crippen LogP contribution >= 0.6 is 0 Å². The number of nitrogen functional groups attached to an aromatic ring is 1. The summed E-state index contributed by atoms with van der Waals surface area (Å²) in [5.74, 6) is -0.0870. The van der Waals surface area contributed by atoms with Gasteiger partial charge in [-0.25, -0.2) is 4.99 Å². The smallest absolute Gasteiger partial charge is 0.191 e. The monoisotopic (exact) mass is 206 g/mol. The molecule has 0 aliphatic heterocycles. The van der Waals surface area contributed by atoms with Crippen molar-refractivity contribution in [3.05, 3.63) is 29.3 Å². The molecule has 0 bridgehead atoms. The van der Waals surface area contributed by atoms with Crippen molar-refractivity contribution in [3.63, 3.8) is 0 Å². The van der Waals surface area contributed by atoms with Gasteiger partial charge in [0.25, 0.3) is 0 Å². The molecule has 1 aromatic carbocycles. The highest BCUT2D eigenvalue weighted by Crippen LogP contribution is 2.20. The van der Waals surface area contributed by atoms with Crippen LogP contribution in [0, 0.1) is 5.41 Å². The molecule has 15 heavy (non-hydrogen) atoms. The molecule has 0 unspecified atom stereocenters. The van der Waals surface area contributed by atoms with E-state index in [1.54, 1.807) is 18.2 Å². The van der Waals surface area contributed by atoms with Crippen LogP contribution in [0.25, 0.3) is 0 Å². The quantitative estimate of drug-likeness (QED) is 0.330. The molecule has 0 amide bonds. The summed E-state index contributed by atoms with van der Waals surface area (Å²) >= 11 is 0. The number of aliphatic imine (C=N–C) groups is 1. The molecule has 0 saturated heterocycles. The van der Waals surface area contributed by atoms with Crippen LogP contribution in [0.1, 0.15) is 11.1 Å². The SMILES string of the molecule is N=C(N)c1ccc(CN)c(N=C(N)N)c1. The molecule has 0 aliphatic carbocycles. The fraction of sp³-hybridized carbons (Fsp3) is 0.111. The van der Waals surface area contributed by atoms with Crippen molar-refractivity contribution in [1.29, 1.82) is 5.41 Å². The Morgan fingerprint density at radius 2 is 1.93 bits per heavy atom. The van der Waals surface area contributed by atoms with Gasteiger partial charge in [0.15, 0.2) is 5.96 Å². The second-order valence-electron chi connectivity index (χ2n) is 3.00. The molecule has 1 aromatic rings. The van der Waals surface area contributed by atoms with Gasteiger partial charge in [-0.15, -0.1) is 0 Å². The number of guanidine groups is 1. The van der Waals surface area contributed by atoms with Crippen LogP contribution < -0.4 is 22.9 Å². The molecule has 0 heterocycles. The molecule has 0 fully saturated rings. The molecular weight excluding hydrogens is 192 g/mol. The molecule has 80 valence electrons. The highest BCUT2D eigenvalue weighted by Gasteiger charge is 2.03. The van der Waals surface area contributed by atoms with Crippen molar-refractivity contribution in [1.82, 2.24) is 0 Å². The van der Waals surface area contributed by atoms with Gasteiger partial charge in [0.1, 0.15) is 5.84 Å². The lowest BCUT2D eigenvalue weighted by molar-refractivity contribution is 1.07. The first kappa shape index (κ1) is 11.0. The predicted octanol–water partition coefficient (Wildman–Crippen LogP) is -0.666. The summed E-state index contributed by atoms with van der Waals surface area (Å²) in [6.07, 6.45) is 0. The first-order valence-electron chi connectivity index (χ1n) is 4.31. The predicted molar refractivity (Wildman–Crippen MR) is 60.8 cm³/mol. The van der Waals surface area contributed by atoms with E-state index in [9.17, 15) is 0 Å². The van der Waals surface area contributed by atoms with Crippen LogP contribution in [0.15, 0.2) is 23.2 Å². The van der Waals surface area contributed by atoms with Crippen molar-refractivity contribution < 1.29 is 0 Å². The Bertz CT molecular complexity index is 405. The number of nitrogens with one attached hydrogen (secondary N) is 1. The van der Waals surface area contributed by atoms with E-state index in [4.69, 9.17) is 28.3 Å². The molecule has 0 aromatic heterocycles. The molecule has 6 nitrogen and oxygen atoms in total. The molecule has 0 radical (unpaired) electrons. The minimum absolute atomic E-state index is 0.0365. The minimum atomic E-state index is -0.0506. The van der Waals surface area contributed by atoms with Gasteiger partial charge in [-0.3, -0.25) is 5.41 Å².